The van der Waals surface area contributed by atoms with E-state index < -0.39 is 0 Å². The SMILES string of the molecule is COC(=O)CCN1CCc2ccccc21.Cc1ccc(C)cc1.Cl.Cl.NCCCN1CCc2ccccc21.OCCN1CCc2ccccc21. The zero-order chi connectivity index (χ0) is 34.1. The molecule has 7 nitrogen and oxygen atoms in total. The molecule has 3 heterocycles. The Hall–Kier alpha value is -3.75. The van der Waals surface area contributed by atoms with E-state index in [0.717, 1.165) is 58.5 Å². The Balaban J connectivity index is 0.000000233. The van der Waals surface area contributed by atoms with Gasteiger partial charge >= 0.3 is 5.97 Å². The summed E-state index contributed by atoms with van der Waals surface area (Å²) in [6.07, 6.45) is 4.95. The number of benzene rings is 4. The van der Waals surface area contributed by atoms with Crippen molar-refractivity contribution in [1.29, 1.82) is 0 Å². The lowest BCUT2D eigenvalue weighted by Gasteiger charge is -2.18. The molecular weight excluding hydrogens is 667 g/mol. The summed E-state index contributed by atoms with van der Waals surface area (Å²) in [7, 11) is 1.43. The van der Waals surface area contributed by atoms with Crippen LogP contribution in [0.3, 0.4) is 0 Å². The number of nitrogens with two attached hydrogens (primary N) is 1. The molecule has 50 heavy (non-hydrogen) atoms. The Morgan fingerprint density at radius 3 is 1.40 bits per heavy atom. The number of esters is 1. The molecule has 7 rings (SSSR count). The van der Waals surface area contributed by atoms with Gasteiger partial charge in [-0.15, -0.1) is 24.8 Å². The number of rotatable bonds is 8. The average molecular weight is 724 g/mol. The molecule has 0 radical (unpaired) electrons. The van der Waals surface area contributed by atoms with E-state index in [1.54, 1.807) is 0 Å². The van der Waals surface area contributed by atoms with Crippen LogP contribution >= 0.6 is 24.8 Å². The molecular formula is C41H56Cl2N4O3. The van der Waals surface area contributed by atoms with Crippen LogP contribution in [0.15, 0.2) is 97.1 Å². The van der Waals surface area contributed by atoms with Gasteiger partial charge in [0.2, 0.25) is 0 Å². The maximum atomic E-state index is 11.0. The van der Waals surface area contributed by atoms with E-state index in [4.69, 9.17) is 10.8 Å². The number of methoxy groups -OCH3 is 1. The number of nitrogens with zero attached hydrogens (tertiary/aromatic N) is 3. The van der Waals surface area contributed by atoms with Crippen molar-refractivity contribution in [1.82, 2.24) is 0 Å². The highest BCUT2D eigenvalue weighted by molar-refractivity contribution is 5.85. The highest BCUT2D eigenvalue weighted by Gasteiger charge is 2.19. The van der Waals surface area contributed by atoms with Crippen LogP contribution < -0.4 is 20.4 Å². The zero-order valence-electron chi connectivity index (χ0n) is 29.9. The number of fused-ring (bicyclic) bond motifs is 3. The number of halogens is 2. The van der Waals surface area contributed by atoms with Crippen molar-refractivity contribution >= 4 is 47.8 Å². The van der Waals surface area contributed by atoms with Crippen LogP contribution in [0.2, 0.25) is 0 Å². The van der Waals surface area contributed by atoms with E-state index in [1.807, 2.05) is 6.07 Å². The normalized spacial score (nSPS) is 13.0. The van der Waals surface area contributed by atoms with Gasteiger partial charge in [0.1, 0.15) is 0 Å². The average Bonchev–Trinajstić information content (AvgIpc) is 3.86. The number of carbonyl (C=O) groups excluding carboxylic acids is 1. The largest absolute Gasteiger partial charge is 0.469 e. The Morgan fingerprint density at radius 2 is 1.02 bits per heavy atom. The van der Waals surface area contributed by atoms with E-state index in [9.17, 15) is 4.79 Å². The number of aliphatic hydroxyl groups excluding tert-OH is 1. The van der Waals surface area contributed by atoms with Crippen LogP contribution in [0, 0.1) is 13.8 Å². The van der Waals surface area contributed by atoms with Crippen molar-refractivity contribution in [2.45, 2.75) is 46.0 Å². The third-order valence-corrected chi connectivity index (χ3v) is 8.98. The number of aryl methyl sites for hydroxylation is 2. The topological polar surface area (TPSA) is 82.3 Å². The predicted octanol–water partition coefficient (Wildman–Crippen LogP) is 7.20. The number of hydrogen-bond acceptors (Lipinski definition) is 7. The fourth-order valence-electron chi connectivity index (χ4n) is 6.28. The smallest absolute Gasteiger partial charge is 0.307 e. The van der Waals surface area contributed by atoms with Gasteiger partial charge in [-0.25, -0.2) is 0 Å². The minimum atomic E-state index is -0.139. The highest BCUT2D eigenvalue weighted by atomic mass is 35.5. The molecule has 9 heteroatoms. The zero-order valence-corrected chi connectivity index (χ0v) is 31.6. The number of ether oxygens (including phenoxy) is 1. The lowest BCUT2D eigenvalue weighted by atomic mass is 10.2. The summed E-state index contributed by atoms with van der Waals surface area (Å²) in [6, 6.07) is 33.9. The molecule has 4 aromatic carbocycles. The highest BCUT2D eigenvalue weighted by Crippen LogP contribution is 2.28. The van der Waals surface area contributed by atoms with Crippen molar-refractivity contribution < 1.29 is 14.6 Å². The second kappa shape index (κ2) is 22.9. The van der Waals surface area contributed by atoms with Crippen LogP contribution in [-0.2, 0) is 28.8 Å². The first-order valence-electron chi connectivity index (χ1n) is 17.3. The van der Waals surface area contributed by atoms with E-state index in [-0.39, 0.29) is 37.4 Å². The summed E-state index contributed by atoms with van der Waals surface area (Å²) in [4.78, 5) is 17.9. The lowest BCUT2D eigenvalue weighted by molar-refractivity contribution is -0.140. The van der Waals surface area contributed by atoms with Crippen molar-refractivity contribution in [3.8, 4) is 0 Å². The maximum Gasteiger partial charge on any atom is 0.307 e. The summed E-state index contributed by atoms with van der Waals surface area (Å²) in [5, 5.41) is 8.81. The minimum absolute atomic E-state index is 0. The number of anilines is 3. The monoisotopic (exact) mass is 722 g/mol. The van der Waals surface area contributed by atoms with Gasteiger partial charge in [0.25, 0.3) is 0 Å². The van der Waals surface area contributed by atoms with Crippen LogP contribution in [0.5, 0.6) is 0 Å². The van der Waals surface area contributed by atoms with Crippen molar-refractivity contribution in [3.63, 3.8) is 0 Å². The molecule has 0 atom stereocenters. The lowest BCUT2D eigenvalue weighted by Crippen LogP contribution is -2.24. The molecule has 0 amide bonds. The standard InChI is InChI=1S/C12H15NO2.C11H16N2.C10H13NO.C8H10.2ClH/c1-15-12(14)7-9-13-8-6-10-4-2-3-5-11(10)13;12-7-3-8-13-9-6-10-4-1-2-5-11(10)13;12-8-7-11-6-5-9-3-1-2-4-10(9)11;1-7-3-5-8(2)6-4-7;;/h2-5H,6-9H2,1H3;1-2,4-5H,3,6-9,12H2;1-4,12H,5-8H2;3-6H,1-2H3;2*1H. The quantitative estimate of drug-likeness (QED) is 0.186. The number of hydrogen-bond donors (Lipinski definition) is 2. The van der Waals surface area contributed by atoms with Crippen molar-refractivity contribution in [2.75, 3.05) is 74.2 Å². The molecule has 0 saturated carbocycles. The third-order valence-electron chi connectivity index (χ3n) is 8.98. The van der Waals surface area contributed by atoms with Crippen LogP contribution in [0.25, 0.3) is 0 Å². The molecule has 272 valence electrons. The maximum absolute atomic E-state index is 11.0. The number of aliphatic hydroxyl groups is 1. The number of β-amino-alcohol motifs (C(OH)–C–C–N with tert-alkyl or cyclic N) is 1. The first-order valence-corrected chi connectivity index (χ1v) is 17.3. The van der Waals surface area contributed by atoms with Gasteiger partial charge in [0, 0.05) is 56.3 Å². The van der Waals surface area contributed by atoms with Gasteiger partial charge in [-0.2, -0.15) is 0 Å². The van der Waals surface area contributed by atoms with E-state index in [0.29, 0.717) is 6.42 Å². The fourth-order valence-corrected chi connectivity index (χ4v) is 6.28. The first kappa shape index (κ1) is 42.4. The fraction of sp³-hybridized carbons (Fsp3) is 0.390. The third kappa shape index (κ3) is 12.9. The number of carbonyl (C=O) groups is 1. The summed E-state index contributed by atoms with van der Waals surface area (Å²) < 4.78 is 4.63. The molecule has 3 aliphatic heterocycles. The summed E-state index contributed by atoms with van der Waals surface area (Å²) in [5.74, 6) is -0.139. The molecule has 0 unspecified atom stereocenters. The van der Waals surface area contributed by atoms with Gasteiger partial charge in [0.15, 0.2) is 0 Å². The van der Waals surface area contributed by atoms with Gasteiger partial charge in [0.05, 0.1) is 20.1 Å². The second-order valence-electron chi connectivity index (χ2n) is 12.4. The Kier molecular flexibility index (Phi) is 19.4. The van der Waals surface area contributed by atoms with E-state index >= 15 is 0 Å². The van der Waals surface area contributed by atoms with Crippen molar-refractivity contribution in [2.24, 2.45) is 5.73 Å². The predicted molar refractivity (Wildman–Crippen MR) is 215 cm³/mol. The molecule has 0 spiro atoms. The van der Waals surface area contributed by atoms with Crippen molar-refractivity contribution in [3.05, 3.63) is 125 Å². The Labute approximate surface area is 312 Å². The van der Waals surface area contributed by atoms with Crippen LogP contribution in [-0.4, -0.2) is 70.6 Å². The molecule has 3 N–H and O–H groups in total. The molecule has 0 bridgehead atoms. The van der Waals surface area contributed by atoms with Gasteiger partial charge in [-0.1, -0.05) is 90.0 Å². The molecule has 0 aliphatic carbocycles. The van der Waals surface area contributed by atoms with Gasteiger partial charge < -0.3 is 30.3 Å². The molecule has 4 aromatic rings. The summed E-state index contributed by atoms with van der Waals surface area (Å²) >= 11 is 0. The second-order valence-corrected chi connectivity index (χ2v) is 12.4. The van der Waals surface area contributed by atoms with E-state index in [1.165, 1.54) is 65.0 Å². The van der Waals surface area contributed by atoms with Crippen LogP contribution in [0.1, 0.15) is 40.7 Å². The minimum Gasteiger partial charge on any atom is -0.469 e. The summed E-state index contributed by atoms with van der Waals surface area (Å²) in [5.41, 5.74) is 16.4. The summed E-state index contributed by atoms with van der Waals surface area (Å²) in [6.45, 7) is 11.1. The Morgan fingerprint density at radius 1 is 0.640 bits per heavy atom. The molecule has 0 saturated heterocycles. The van der Waals surface area contributed by atoms with Gasteiger partial charge in [-0.3, -0.25) is 4.79 Å². The molecule has 3 aliphatic rings. The molecule has 0 aromatic heterocycles. The van der Waals surface area contributed by atoms with E-state index in [2.05, 4.69) is 124 Å². The Bertz CT molecular complexity index is 1530. The van der Waals surface area contributed by atoms with Gasteiger partial charge in [-0.05, 0) is 81.0 Å². The first-order chi connectivity index (χ1) is 23.4. The van der Waals surface area contributed by atoms with Crippen LogP contribution in [0.4, 0.5) is 17.1 Å². The number of para-hydroxylation sites is 3. The molecule has 0 fully saturated rings.